The van der Waals surface area contributed by atoms with E-state index in [-0.39, 0.29) is 28.8 Å². The predicted molar refractivity (Wildman–Crippen MR) is 91.2 cm³/mol. The SMILES string of the molecule is Cc1nn(Cn2ccc(C(=O)N3N=C(C(F)F)C[C@@]3(O)C(F)F)n2)c(C)c1[N+](=O)[O-]. The molecule has 11 nitrogen and oxygen atoms in total. The smallest absolute Gasteiger partial charge is 0.312 e. The highest BCUT2D eigenvalue weighted by Crippen LogP contribution is 2.34. The Kier molecular flexibility index (Phi) is 5.32. The molecule has 0 spiro atoms. The lowest BCUT2D eigenvalue weighted by Gasteiger charge is -2.29. The van der Waals surface area contributed by atoms with Gasteiger partial charge in [0.1, 0.15) is 23.8 Å². The fourth-order valence-electron chi connectivity index (χ4n) is 2.99. The number of aliphatic hydroxyl groups is 1. The van der Waals surface area contributed by atoms with Gasteiger partial charge in [0.25, 0.3) is 18.8 Å². The molecule has 1 N–H and O–H groups in total. The molecule has 3 heterocycles. The van der Waals surface area contributed by atoms with Crippen molar-refractivity contribution < 1.29 is 32.4 Å². The third-order valence-corrected chi connectivity index (χ3v) is 4.49. The average Bonchev–Trinajstić information content (AvgIpc) is 3.32. The van der Waals surface area contributed by atoms with Crippen molar-refractivity contribution in [2.75, 3.05) is 0 Å². The van der Waals surface area contributed by atoms with Gasteiger partial charge in [-0.2, -0.15) is 20.3 Å². The number of nitrogens with zero attached hydrogens (tertiary/aromatic N) is 7. The van der Waals surface area contributed by atoms with Gasteiger partial charge in [-0.15, -0.1) is 0 Å². The minimum absolute atomic E-state index is 0.0972. The molecule has 0 saturated heterocycles. The van der Waals surface area contributed by atoms with Crippen molar-refractivity contribution in [2.24, 2.45) is 5.10 Å². The van der Waals surface area contributed by atoms with E-state index in [0.29, 0.717) is 0 Å². The number of alkyl halides is 4. The lowest BCUT2D eigenvalue weighted by Crippen LogP contribution is -2.51. The fourth-order valence-corrected chi connectivity index (χ4v) is 2.99. The number of aromatic nitrogens is 4. The second-order valence-corrected chi connectivity index (χ2v) is 6.52. The minimum atomic E-state index is -3.56. The maximum atomic E-state index is 13.3. The molecule has 0 radical (unpaired) electrons. The normalized spacial score (nSPS) is 19.1. The zero-order chi connectivity index (χ0) is 22.4. The summed E-state index contributed by atoms with van der Waals surface area (Å²) in [6.07, 6.45) is -6.74. The number of hydrazone groups is 1. The number of hydrogen-bond acceptors (Lipinski definition) is 7. The first-order valence-electron chi connectivity index (χ1n) is 8.38. The van der Waals surface area contributed by atoms with Gasteiger partial charge in [0.2, 0.25) is 5.72 Å². The Labute approximate surface area is 165 Å². The molecule has 2 aromatic heterocycles. The standard InChI is InChI=1S/C15H15F4N7O4/c1-7-11(26(29)30)8(2)24(20-7)6-23-4-3-9(21-23)13(27)25-15(28,14(18)19)5-10(22-25)12(16)17/h3-4,12,14,28H,5-6H2,1-2H3/t15-/m1/s1. The summed E-state index contributed by atoms with van der Waals surface area (Å²) >= 11 is 0. The highest BCUT2D eigenvalue weighted by molar-refractivity contribution is 5.97. The van der Waals surface area contributed by atoms with E-state index in [1.54, 1.807) is 0 Å². The number of carbonyl (C=O) groups excluding carboxylic acids is 1. The van der Waals surface area contributed by atoms with Crippen LogP contribution in [0.1, 0.15) is 28.3 Å². The van der Waals surface area contributed by atoms with Crippen LogP contribution in [0.3, 0.4) is 0 Å². The predicted octanol–water partition coefficient (Wildman–Crippen LogP) is 1.53. The molecule has 0 aliphatic carbocycles. The summed E-state index contributed by atoms with van der Waals surface area (Å²) in [5, 5.41) is 32.0. The molecule has 3 rings (SSSR count). The molecule has 1 amide bonds. The summed E-state index contributed by atoms with van der Waals surface area (Å²) < 4.78 is 54.6. The molecule has 2 aromatic rings. The molecule has 1 aliphatic rings. The van der Waals surface area contributed by atoms with E-state index >= 15 is 0 Å². The molecule has 0 bridgehead atoms. The van der Waals surface area contributed by atoms with E-state index in [1.165, 1.54) is 24.7 Å². The molecule has 0 saturated carbocycles. The van der Waals surface area contributed by atoms with Crippen LogP contribution < -0.4 is 0 Å². The van der Waals surface area contributed by atoms with E-state index in [9.17, 15) is 37.6 Å². The Morgan fingerprint density at radius 2 is 2.00 bits per heavy atom. The number of rotatable bonds is 6. The number of halogens is 4. The second kappa shape index (κ2) is 7.47. The topological polar surface area (TPSA) is 132 Å². The van der Waals surface area contributed by atoms with Crippen LogP contribution in [0.15, 0.2) is 17.4 Å². The zero-order valence-electron chi connectivity index (χ0n) is 15.5. The Hall–Kier alpha value is -3.36. The summed E-state index contributed by atoms with van der Waals surface area (Å²) in [7, 11) is 0. The van der Waals surface area contributed by atoms with Crippen LogP contribution in [-0.2, 0) is 6.67 Å². The van der Waals surface area contributed by atoms with Crippen molar-refractivity contribution in [3.05, 3.63) is 39.5 Å². The largest absolute Gasteiger partial charge is 0.364 e. The lowest BCUT2D eigenvalue weighted by molar-refractivity contribution is -0.386. The molecule has 162 valence electrons. The van der Waals surface area contributed by atoms with Crippen LogP contribution in [0.5, 0.6) is 0 Å². The molecule has 15 heteroatoms. The van der Waals surface area contributed by atoms with Gasteiger partial charge in [-0.25, -0.2) is 22.2 Å². The van der Waals surface area contributed by atoms with Crippen molar-refractivity contribution in [3.63, 3.8) is 0 Å². The number of hydrogen-bond donors (Lipinski definition) is 1. The highest BCUT2D eigenvalue weighted by Gasteiger charge is 2.53. The van der Waals surface area contributed by atoms with Crippen molar-refractivity contribution in [1.29, 1.82) is 0 Å². The van der Waals surface area contributed by atoms with E-state index in [4.69, 9.17) is 0 Å². The van der Waals surface area contributed by atoms with Gasteiger partial charge in [0, 0.05) is 12.6 Å². The second-order valence-electron chi connectivity index (χ2n) is 6.52. The van der Waals surface area contributed by atoms with Gasteiger partial charge in [-0.1, -0.05) is 0 Å². The summed E-state index contributed by atoms with van der Waals surface area (Å²) in [5.41, 5.74) is -4.54. The molecule has 0 unspecified atom stereocenters. The van der Waals surface area contributed by atoms with Crippen molar-refractivity contribution in [3.8, 4) is 0 Å². The van der Waals surface area contributed by atoms with Gasteiger partial charge in [0.15, 0.2) is 5.69 Å². The number of nitro groups is 1. The molecular weight excluding hydrogens is 418 g/mol. The third kappa shape index (κ3) is 3.51. The number of amides is 1. The Morgan fingerprint density at radius 3 is 2.53 bits per heavy atom. The maximum Gasteiger partial charge on any atom is 0.312 e. The highest BCUT2D eigenvalue weighted by atomic mass is 19.3. The van der Waals surface area contributed by atoms with Crippen molar-refractivity contribution >= 4 is 17.3 Å². The lowest BCUT2D eigenvalue weighted by atomic mass is 10.1. The van der Waals surface area contributed by atoms with Gasteiger partial charge in [0.05, 0.1) is 4.92 Å². The van der Waals surface area contributed by atoms with Crippen LogP contribution in [0.4, 0.5) is 23.2 Å². The molecule has 30 heavy (non-hydrogen) atoms. The quantitative estimate of drug-likeness (QED) is 0.418. The van der Waals surface area contributed by atoms with E-state index in [1.807, 2.05) is 0 Å². The Bertz CT molecular complexity index is 1030. The first-order valence-corrected chi connectivity index (χ1v) is 8.38. The van der Waals surface area contributed by atoms with Crippen LogP contribution in [0.25, 0.3) is 0 Å². The van der Waals surface area contributed by atoms with Gasteiger partial charge in [-0.05, 0) is 19.9 Å². The molecule has 1 aliphatic heterocycles. The average molecular weight is 433 g/mol. The van der Waals surface area contributed by atoms with Crippen molar-refractivity contribution in [1.82, 2.24) is 24.6 Å². The summed E-state index contributed by atoms with van der Waals surface area (Å²) in [4.78, 5) is 23.0. The molecule has 1 atom stereocenters. The van der Waals surface area contributed by atoms with Crippen molar-refractivity contribution in [2.45, 2.75) is 45.5 Å². The van der Waals surface area contributed by atoms with Crippen LogP contribution in [-0.4, -0.2) is 64.8 Å². The van der Waals surface area contributed by atoms with Gasteiger partial charge >= 0.3 is 5.69 Å². The van der Waals surface area contributed by atoms with Crippen LogP contribution in [0, 0.1) is 24.0 Å². The number of carbonyl (C=O) groups is 1. The molecule has 0 fully saturated rings. The number of aryl methyl sites for hydroxylation is 1. The first-order chi connectivity index (χ1) is 14.0. The van der Waals surface area contributed by atoms with E-state index < -0.39 is 47.2 Å². The minimum Gasteiger partial charge on any atom is -0.364 e. The summed E-state index contributed by atoms with van der Waals surface area (Å²) in [6.45, 7) is 2.75. The molecular formula is C15H15F4N7O4. The third-order valence-electron chi connectivity index (χ3n) is 4.49. The van der Waals surface area contributed by atoms with Crippen LogP contribution in [0.2, 0.25) is 0 Å². The van der Waals surface area contributed by atoms with Crippen LogP contribution >= 0.6 is 0 Å². The van der Waals surface area contributed by atoms with E-state index in [0.717, 1.165) is 10.7 Å². The summed E-state index contributed by atoms with van der Waals surface area (Å²) in [5.74, 6) is -1.31. The maximum absolute atomic E-state index is 13.3. The van der Waals surface area contributed by atoms with Gasteiger partial charge < -0.3 is 5.11 Å². The summed E-state index contributed by atoms with van der Waals surface area (Å²) in [6, 6.07) is 1.10. The fraction of sp³-hybridized carbons (Fsp3) is 0.467. The molecule has 0 aromatic carbocycles. The first kappa shape index (κ1) is 21.4. The monoisotopic (exact) mass is 433 g/mol. The van der Waals surface area contributed by atoms with E-state index in [2.05, 4.69) is 15.3 Å². The Balaban J connectivity index is 1.86. The zero-order valence-corrected chi connectivity index (χ0v) is 15.5. The Morgan fingerprint density at radius 1 is 1.33 bits per heavy atom. The van der Waals surface area contributed by atoms with Gasteiger partial charge in [-0.3, -0.25) is 19.6 Å².